The lowest BCUT2D eigenvalue weighted by Gasteiger charge is -2.37. The highest BCUT2D eigenvalue weighted by molar-refractivity contribution is 7.12. The normalized spacial score (nSPS) is 14.9. The molecule has 6 aromatic heterocycles. The summed E-state index contributed by atoms with van der Waals surface area (Å²) in [6.07, 6.45) is 7.35. The molecule has 18 nitrogen and oxygen atoms in total. The number of aromatic nitrogens is 3. The van der Waals surface area contributed by atoms with Crippen LogP contribution in [0.1, 0.15) is 106 Å². The second-order valence-electron chi connectivity index (χ2n) is 26.3. The van der Waals surface area contributed by atoms with E-state index in [1.54, 1.807) is 9.13 Å². The predicted octanol–water partition coefficient (Wildman–Crippen LogP) is 13.4. The van der Waals surface area contributed by atoms with Gasteiger partial charge >= 0.3 is 0 Å². The van der Waals surface area contributed by atoms with Crippen LogP contribution in [0, 0.1) is 53.8 Å². The third-order valence-electron chi connectivity index (χ3n) is 20.0. The summed E-state index contributed by atoms with van der Waals surface area (Å²) in [7, 11) is 0. The third kappa shape index (κ3) is 14.8. The largest absolute Gasteiger partial charge is 0.366 e. The van der Waals surface area contributed by atoms with E-state index < -0.39 is 0 Å². The quantitative estimate of drug-likeness (QED) is 0.106. The Hall–Kier alpha value is -10.9. The molecule has 4 fully saturated rings. The number of thiophene rings is 3. The van der Waals surface area contributed by atoms with Gasteiger partial charge in [0, 0.05) is 101 Å². The molecule has 0 N–H and O–H groups in total. The van der Waals surface area contributed by atoms with Crippen LogP contribution in [0.15, 0.2) is 188 Å². The standard InChI is InChI=1S/2C27H24N4O2S.C27H30N4O2S/c1-19-8-10-20(11-9-19)18-31-23-6-3-2-5-21(23)25(22(17-28)26(31)32)29-12-14-30(15-13-29)27(33)24-7-4-16-34-24;1-19-9-10-23-21(16-19)25(22(17-28)26(32)31(23)18-20-6-3-2-4-7-20)29-11-13-30(14-12-29)27(33)24-8-5-15-34-24;28-19-22-25(29-14-16-30(17-15-29)27(33)24-11-6-18-34-24)21-9-4-5-10-23(21)31(26(22)32)13-12-20-7-2-1-3-8-20/h2-11,16H,12-15,18H2,1H3;2-10,15-16H,11-14,18H2,1H3;4-6,9-11,18,20H,1-3,7-8,12-17H2. The minimum Gasteiger partial charge on any atom is -0.366 e. The van der Waals surface area contributed by atoms with Crippen LogP contribution >= 0.6 is 34.0 Å². The maximum absolute atomic E-state index is 13.5. The molecule has 15 rings (SSSR count). The molecule has 1 aliphatic carbocycles. The van der Waals surface area contributed by atoms with Crippen LogP contribution in [0.2, 0.25) is 0 Å². The first-order valence-corrected chi connectivity index (χ1v) is 37.5. The number of nitrogens with zero attached hydrogens (tertiary/aromatic N) is 12. The fraction of sp³-hybridized carbons (Fsp3) is 0.296. The van der Waals surface area contributed by atoms with Gasteiger partial charge in [-0.1, -0.05) is 158 Å². The zero-order chi connectivity index (χ0) is 70.8. The fourth-order valence-corrected chi connectivity index (χ4v) is 16.7. The molecule has 0 spiro atoms. The molecule has 1 saturated carbocycles. The summed E-state index contributed by atoms with van der Waals surface area (Å²) in [6.45, 7) is 12.3. The molecule has 3 aliphatic heterocycles. The molecule has 3 amide bonds. The van der Waals surface area contributed by atoms with Crippen molar-refractivity contribution in [3.63, 3.8) is 0 Å². The number of hydrogen-bond acceptors (Lipinski definition) is 15. The van der Waals surface area contributed by atoms with E-state index in [-0.39, 0.29) is 51.1 Å². The average molecular weight is 1410 g/mol. The van der Waals surface area contributed by atoms with Crippen LogP contribution in [-0.4, -0.2) is 125 Å². The number of nitriles is 3. The van der Waals surface area contributed by atoms with E-state index in [1.807, 2.05) is 201 Å². The lowest BCUT2D eigenvalue weighted by atomic mass is 9.87. The van der Waals surface area contributed by atoms with Crippen molar-refractivity contribution in [2.45, 2.75) is 72.0 Å². The molecule has 102 heavy (non-hydrogen) atoms. The number of amides is 3. The van der Waals surface area contributed by atoms with Gasteiger partial charge in [-0.2, -0.15) is 15.8 Å². The van der Waals surface area contributed by atoms with Crippen molar-refractivity contribution in [3.05, 3.63) is 259 Å². The van der Waals surface area contributed by atoms with E-state index in [9.17, 15) is 44.6 Å². The molecule has 0 atom stereocenters. The monoisotopic (exact) mass is 1410 g/mol. The Bertz CT molecular complexity index is 5170. The average Bonchev–Trinajstić information content (AvgIpc) is 1.73. The smallest absolute Gasteiger partial charge is 0.271 e. The number of pyridine rings is 3. The summed E-state index contributed by atoms with van der Waals surface area (Å²) in [5.41, 5.74) is 8.60. The highest BCUT2D eigenvalue weighted by atomic mass is 32.1. The van der Waals surface area contributed by atoms with Crippen LogP contribution in [0.3, 0.4) is 0 Å². The van der Waals surface area contributed by atoms with Crippen molar-refractivity contribution >= 4 is 102 Å². The molecule has 21 heteroatoms. The van der Waals surface area contributed by atoms with Crippen molar-refractivity contribution in [2.24, 2.45) is 5.92 Å². The Morgan fingerprint density at radius 1 is 0.402 bits per heavy atom. The molecular formula is C81H78N12O6S3. The van der Waals surface area contributed by atoms with Gasteiger partial charge in [0.15, 0.2) is 0 Å². The van der Waals surface area contributed by atoms with Gasteiger partial charge in [0.1, 0.15) is 34.9 Å². The number of benzene rings is 5. The molecule has 0 bridgehead atoms. The molecule has 3 saturated heterocycles. The third-order valence-corrected chi connectivity index (χ3v) is 22.6. The Morgan fingerprint density at radius 3 is 1.20 bits per heavy atom. The van der Waals surface area contributed by atoms with Crippen LogP contribution in [0.25, 0.3) is 32.7 Å². The zero-order valence-corrected chi connectivity index (χ0v) is 59.7. The first-order chi connectivity index (χ1) is 49.8. The van der Waals surface area contributed by atoms with Crippen molar-refractivity contribution in [3.8, 4) is 18.2 Å². The fourth-order valence-electron chi connectivity index (χ4n) is 14.7. The molecule has 4 aliphatic rings. The van der Waals surface area contributed by atoms with Gasteiger partial charge in [0.05, 0.1) is 61.3 Å². The van der Waals surface area contributed by atoms with E-state index in [0.717, 1.165) is 81.7 Å². The van der Waals surface area contributed by atoms with Crippen LogP contribution < -0.4 is 31.4 Å². The number of carbonyl (C=O) groups is 3. The molecular weight excluding hydrogens is 1330 g/mol. The van der Waals surface area contributed by atoms with E-state index in [2.05, 4.69) is 39.0 Å². The maximum atomic E-state index is 13.5. The summed E-state index contributed by atoms with van der Waals surface area (Å²) >= 11 is 4.34. The van der Waals surface area contributed by atoms with Gasteiger partial charge in [-0.15, -0.1) is 34.0 Å². The summed E-state index contributed by atoms with van der Waals surface area (Å²) < 4.78 is 5.21. The molecule has 0 unspecified atom stereocenters. The van der Waals surface area contributed by atoms with Crippen molar-refractivity contribution in [1.29, 1.82) is 15.8 Å². The molecule has 516 valence electrons. The lowest BCUT2D eigenvalue weighted by molar-refractivity contribution is 0.0744. The van der Waals surface area contributed by atoms with Crippen LogP contribution in [0.5, 0.6) is 0 Å². The summed E-state index contributed by atoms with van der Waals surface area (Å²) in [5.74, 6) is 0.791. The molecule has 11 aromatic rings. The number of carbonyl (C=O) groups excluding carboxylic acids is 3. The highest BCUT2D eigenvalue weighted by Crippen LogP contribution is 2.35. The second kappa shape index (κ2) is 31.8. The van der Waals surface area contributed by atoms with Crippen molar-refractivity contribution in [2.75, 3.05) is 93.2 Å². The van der Waals surface area contributed by atoms with E-state index in [1.165, 1.54) is 66.1 Å². The minimum atomic E-state index is -0.283. The maximum Gasteiger partial charge on any atom is 0.271 e. The lowest BCUT2D eigenvalue weighted by Crippen LogP contribution is -2.49. The number of rotatable bonds is 13. The first kappa shape index (κ1) is 69.6. The Labute approximate surface area is 604 Å². The number of aryl methyl sites for hydroxylation is 3. The SMILES string of the molecule is Cc1ccc(Cn2c(=O)c(C#N)c(N3CCN(C(=O)c4cccs4)CC3)c3ccccc32)cc1.Cc1ccc2c(c1)c(N1CCN(C(=O)c3cccs3)CC1)c(C#N)c(=O)n2Cc1ccccc1.N#Cc1c(N2CCN(C(=O)c3cccs3)CC2)c2ccccc2n(CCC2CCCCC2)c1=O. The molecule has 0 radical (unpaired) electrons. The van der Waals surface area contributed by atoms with Gasteiger partial charge in [0.25, 0.3) is 34.4 Å². The van der Waals surface area contributed by atoms with Gasteiger partial charge in [-0.25, -0.2) is 0 Å². The summed E-state index contributed by atoms with van der Waals surface area (Å²) in [6, 6.07) is 57.4. The van der Waals surface area contributed by atoms with E-state index in [4.69, 9.17) is 0 Å². The van der Waals surface area contributed by atoms with E-state index >= 15 is 0 Å². The number of para-hydroxylation sites is 2. The molecule has 9 heterocycles. The topological polar surface area (TPSA) is 208 Å². The minimum absolute atomic E-state index is 0.0357. The Balaban J connectivity index is 0.000000137. The van der Waals surface area contributed by atoms with Gasteiger partial charge in [0.2, 0.25) is 0 Å². The van der Waals surface area contributed by atoms with Crippen molar-refractivity contribution < 1.29 is 14.4 Å². The first-order valence-electron chi connectivity index (χ1n) is 34.8. The highest BCUT2D eigenvalue weighted by Gasteiger charge is 2.32. The van der Waals surface area contributed by atoms with Gasteiger partial charge in [-0.05, 0) is 95.9 Å². The summed E-state index contributed by atoms with van der Waals surface area (Å²) in [4.78, 5) is 92.9. The van der Waals surface area contributed by atoms with Crippen molar-refractivity contribution in [1.82, 2.24) is 28.4 Å². The number of piperazine rings is 3. The van der Waals surface area contributed by atoms with Gasteiger partial charge in [-0.3, -0.25) is 28.8 Å². The van der Waals surface area contributed by atoms with Crippen LogP contribution in [0.4, 0.5) is 17.1 Å². The summed E-state index contributed by atoms with van der Waals surface area (Å²) in [5, 5.41) is 38.6. The molecule has 5 aromatic carbocycles. The predicted molar refractivity (Wildman–Crippen MR) is 408 cm³/mol. The zero-order valence-electron chi connectivity index (χ0n) is 57.2. The second-order valence-corrected chi connectivity index (χ2v) is 29.2. The number of fused-ring (bicyclic) bond motifs is 3. The van der Waals surface area contributed by atoms with Gasteiger partial charge < -0.3 is 43.1 Å². The van der Waals surface area contributed by atoms with E-state index in [0.29, 0.717) is 115 Å². The number of anilines is 3. The Morgan fingerprint density at radius 2 is 0.775 bits per heavy atom. The Kier molecular flexibility index (Phi) is 21.7. The van der Waals surface area contributed by atoms with Crippen LogP contribution in [-0.2, 0) is 19.6 Å². The number of hydrogen-bond donors (Lipinski definition) is 0.